The molecule has 8 nitrogen and oxygen atoms in total. The Morgan fingerprint density at radius 2 is 1.80 bits per heavy atom. The SMILES string of the molecule is CN1CCN(c2ccc(-c3cnc4ccc(/C=C5/SC(=O)NC5=O)nn34)cc2)CC1. The molecule has 0 aliphatic carbocycles. The fourth-order valence-electron chi connectivity index (χ4n) is 3.62. The standard InChI is InChI=1S/C21H20N6O2S/c1-25-8-10-26(11-9-25)16-5-2-14(3-6-16)17-13-22-19-7-4-15(24-27(17)19)12-18-20(28)23-21(29)30-18/h2-7,12-13H,8-11H2,1H3,(H,23,28,29)/b18-12+. The van der Waals surface area contributed by atoms with Crippen LogP contribution in [0.4, 0.5) is 10.5 Å². The summed E-state index contributed by atoms with van der Waals surface area (Å²) in [6.45, 7) is 4.19. The number of anilines is 1. The Balaban J connectivity index is 1.44. The van der Waals surface area contributed by atoms with Crippen molar-refractivity contribution in [3.8, 4) is 11.3 Å². The fourth-order valence-corrected chi connectivity index (χ4v) is 4.29. The maximum Gasteiger partial charge on any atom is 0.290 e. The topological polar surface area (TPSA) is 82.8 Å². The Morgan fingerprint density at radius 3 is 2.50 bits per heavy atom. The minimum Gasteiger partial charge on any atom is -0.369 e. The molecule has 0 unspecified atom stereocenters. The molecule has 4 heterocycles. The van der Waals surface area contributed by atoms with Crippen molar-refractivity contribution in [1.29, 1.82) is 0 Å². The van der Waals surface area contributed by atoms with Gasteiger partial charge in [-0.25, -0.2) is 9.50 Å². The van der Waals surface area contributed by atoms with Crippen molar-refractivity contribution in [1.82, 2.24) is 24.8 Å². The van der Waals surface area contributed by atoms with Crippen molar-refractivity contribution >= 4 is 40.3 Å². The highest BCUT2D eigenvalue weighted by Gasteiger charge is 2.25. The van der Waals surface area contributed by atoms with E-state index in [0.717, 1.165) is 54.8 Å². The zero-order chi connectivity index (χ0) is 20.7. The number of piperazine rings is 1. The van der Waals surface area contributed by atoms with E-state index in [1.165, 1.54) is 5.69 Å². The highest BCUT2D eigenvalue weighted by molar-refractivity contribution is 8.18. The first-order chi connectivity index (χ1) is 14.6. The van der Waals surface area contributed by atoms with Gasteiger partial charge in [-0.1, -0.05) is 12.1 Å². The van der Waals surface area contributed by atoms with E-state index in [-0.39, 0.29) is 5.24 Å². The molecule has 1 N–H and O–H groups in total. The van der Waals surface area contributed by atoms with Crippen LogP contribution in [0.5, 0.6) is 0 Å². The van der Waals surface area contributed by atoms with Gasteiger partial charge in [0.15, 0.2) is 5.65 Å². The lowest BCUT2D eigenvalue weighted by atomic mass is 10.1. The van der Waals surface area contributed by atoms with Crippen molar-refractivity contribution in [2.45, 2.75) is 0 Å². The Bertz CT molecular complexity index is 1160. The lowest BCUT2D eigenvalue weighted by Crippen LogP contribution is -2.44. The molecule has 5 rings (SSSR count). The molecule has 2 fully saturated rings. The number of rotatable bonds is 3. The number of fused-ring (bicyclic) bond motifs is 1. The third-order valence-electron chi connectivity index (χ3n) is 5.34. The first kappa shape index (κ1) is 18.8. The fraction of sp³-hybridized carbons (Fsp3) is 0.238. The molecule has 0 spiro atoms. The van der Waals surface area contributed by atoms with Gasteiger partial charge < -0.3 is 9.80 Å². The quantitative estimate of drug-likeness (QED) is 0.652. The van der Waals surface area contributed by atoms with E-state index in [4.69, 9.17) is 0 Å². The van der Waals surface area contributed by atoms with E-state index in [9.17, 15) is 9.59 Å². The molecule has 0 bridgehead atoms. The van der Waals surface area contributed by atoms with Crippen LogP contribution >= 0.6 is 11.8 Å². The van der Waals surface area contributed by atoms with Crippen LogP contribution in [0.2, 0.25) is 0 Å². The second-order valence-electron chi connectivity index (χ2n) is 7.36. The van der Waals surface area contributed by atoms with Gasteiger partial charge in [0.05, 0.1) is 22.5 Å². The lowest BCUT2D eigenvalue weighted by molar-refractivity contribution is -0.115. The molecule has 0 radical (unpaired) electrons. The van der Waals surface area contributed by atoms with Crippen LogP contribution in [0.1, 0.15) is 5.69 Å². The summed E-state index contributed by atoms with van der Waals surface area (Å²) in [5.41, 5.74) is 4.40. The first-order valence-electron chi connectivity index (χ1n) is 9.70. The van der Waals surface area contributed by atoms with Crippen molar-refractivity contribution < 1.29 is 9.59 Å². The van der Waals surface area contributed by atoms with Gasteiger partial charge in [0.2, 0.25) is 0 Å². The third kappa shape index (κ3) is 3.57. The van der Waals surface area contributed by atoms with Crippen LogP contribution < -0.4 is 10.2 Å². The number of aromatic nitrogens is 3. The molecule has 1 aromatic carbocycles. The van der Waals surface area contributed by atoms with Gasteiger partial charge in [-0.15, -0.1) is 0 Å². The highest BCUT2D eigenvalue weighted by Crippen LogP contribution is 2.27. The Morgan fingerprint density at radius 1 is 1.03 bits per heavy atom. The molecule has 3 aromatic rings. The molecule has 2 saturated heterocycles. The summed E-state index contributed by atoms with van der Waals surface area (Å²) in [4.78, 5) is 32.7. The molecule has 9 heteroatoms. The second kappa shape index (κ2) is 7.58. The Hall–Kier alpha value is -3.17. The van der Waals surface area contributed by atoms with Gasteiger partial charge in [-0.3, -0.25) is 14.9 Å². The summed E-state index contributed by atoms with van der Waals surface area (Å²) in [5, 5.41) is 6.50. The van der Waals surface area contributed by atoms with Gasteiger partial charge in [-0.2, -0.15) is 5.10 Å². The predicted octanol–water partition coefficient (Wildman–Crippen LogP) is 2.47. The lowest BCUT2D eigenvalue weighted by Gasteiger charge is -2.34. The summed E-state index contributed by atoms with van der Waals surface area (Å²) < 4.78 is 1.76. The van der Waals surface area contributed by atoms with E-state index in [1.807, 2.05) is 6.07 Å². The maximum atomic E-state index is 11.8. The number of hydrogen-bond acceptors (Lipinski definition) is 7. The number of imidazole rings is 1. The number of nitrogens with zero attached hydrogens (tertiary/aromatic N) is 5. The monoisotopic (exact) mass is 420 g/mol. The summed E-state index contributed by atoms with van der Waals surface area (Å²) in [7, 11) is 2.15. The van der Waals surface area contributed by atoms with Crippen molar-refractivity contribution in [3.05, 3.63) is 53.2 Å². The number of benzene rings is 1. The molecule has 0 saturated carbocycles. The molecule has 152 valence electrons. The number of amides is 2. The van der Waals surface area contributed by atoms with Gasteiger partial charge in [0.1, 0.15) is 0 Å². The Labute approximate surface area is 177 Å². The summed E-state index contributed by atoms with van der Waals surface area (Å²) in [6.07, 6.45) is 3.41. The van der Waals surface area contributed by atoms with Crippen LogP contribution in [0.3, 0.4) is 0 Å². The van der Waals surface area contributed by atoms with Gasteiger partial charge in [0.25, 0.3) is 11.1 Å². The molecule has 0 atom stereocenters. The molecule has 30 heavy (non-hydrogen) atoms. The first-order valence-corrected chi connectivity index (χ1v) is 10.5. The van der Waals surface area contributed by atoms with Crippen LogP contribution in [-0.2, 0) is 4.79 Å². The highest BCUT2D eigenvalue weighted by atomic mass is 32.2. The van der Waals surface area contributed by atoms with Crippen molar-refractivity contribution in [3.63, 3.8) is 0 Å². The molecular formula is C21H20N6O2S. The molecule has 2 aliphatic rings. The summed E-state index contributed by atoms with van der Waals surface area (Å²) in [6, 6.07) is 12.1. The molecule has 2 aromatic heterocycles. The number of nitrogens with one attached hydrogen (secondary N) is 1. The number of carbonyl (C=O) groups is 2. The largest absolute Gasteiger partial charge is 0.369 e. The summed E-state index contributed by atoms with van der Waals surface area (Å²) >= 11 is 0.881. The normalized spacial score (nSPS) is 19.1. The maximum absolute atomic E-state index is 11.8. The number of imide groups is 1. The van der Waals surface area contributed by atoms with E-state index in [1.54, 1.807) is 22.9 Å². The van der Waals surface area contributed by atoms with E-state index in [2.05, 4.69) is 56.5 Å². The molecular weight excluding hydrogens is 400 g/mol. The average molecular weight is 420 g/mol. The van der Waals surface area contributed by atoms with Crippen LogP contribution in [0.15, 0.2) is 47.5 Å². The van der Waals surface area contributed by atoms with Crippen LogP contribution in [0, 0.1) is 0 Å². The van der Waals surface area contributed by atoms with E-state index in [0.29, 0.717) is 10.6 Å². The number of hydrogen-bond donors (Lipinski definition) is 1. The number of thioether (sulfide) groups is 1. The van der Waals surface area contributed by atoms with Crippen LogP contribution in [0.25, 0.3) is 23.0 Å². The number of likely N-dealkylation sites (N-methyl/N-ethyl adjacent to an activating group) is 1. The third-order valence-corrected chi connectivity index (χ3v) is 6.15. The smallest absolute Gasteiger partial charge is 0.290 e. The van der Waals surface area contributed by atoms with Gasteiger partial charge in [-0.05, 0) is 49.2 Å². The summed E-state index contributed by atoms with van der Waals surface area (Å²) in [5.74, 6) is -0.391. The van der Waals surface area contributed by atoms with E-state index < -0.39 is 5.91 Å². The van der Waals surface area contributed by atoms with Gasteiger partial charge >= 0.3 is 0 Å². The van der Waals surface area contributed by atoms with Crippen molar-refractivity contribution in [2.75, 3.05) is 38.1 Å². The van der Waals surface area contributed by atoms with Crippen LogP contribution in [-0.4, -0.2) is 63.9 Å². The average Bonchev–Trinajstić information content (AvgIpc) is 3.31. The zero-order valence-electron chi connectivity index (χ0n) is 16.4. The molecule has 2 amide bonds. The zero-order valence-corrected chi connectivity index (χ0v) is 17.2. The van der Waals surface area contributed by atoms with E-state index >= 15 is 0 Å². The minimum atomic E-state index is -0.391. The van der Waals surface area contributed by atoms with Crippen molar-refractivity contribution in [2.24, 2.45) is 0 Å². The Kier molecular flexibility index (Phi) is 4.76. The predicted molar refractivity (Wildman–Crippen MR) is 117 cm³/mol. The van der Waals surface area contributed by atoms with Gasteiger partial charge in [0, 0.05) is 37.4 Å². The molecule has 2 aliphatic heterocycles. The second-order valence-corrected chi connectivity index (χ2v) is 8.38. The number of carbonyl (C=O) groups excluding carboxylic acids is 2. The minimum absolute atomic E-state index is 0.338.